The summed E-state index contributed by atoms with van der Waals surface area (Å²) in [7, 11) is 0. The highest BCUT2D eigenvalue weighted by Crippen LogP contribution is 2.28. The molecule has 0 spiro atoms. The minimum atomic E-state index is -0.242. The van der Waals surface area contributed by atoms with Crippen LogP contribution < -0.4 is 15.1 Å². The first-order chi connectivity index (χ1) is 13.2. The number of hydrogen-bond acceptors (Lipinski definition) is 6. The number of piperazine rings is 1. The van der Waals surface area contributed by atoms with Crippen molar-refractivity contribution in [3.8, 4) is 0 Å². The van der Waals surface area contributed by atoms with Crippen molar-refractivity contribution in [2.24, 2.45) is 0 Å². The third-order valence-electron chi connectivity index (χ3n) is 4.82. The molecule has 4 heterocycles. The lowest BCUT2D eigenvalue weighted by molar-refractivity contribution is -0.109. The van der Waals surface area contributed by atoms with E-state index in [9.17, 15) is 4.79 Å². The third kappa shape index (κ3) is 3.45. The molecule has 2 N–H and O–H groups in total. The summed E-state index contributed by atoms with van der Waals surface area (Å²) in [5.74, 6) is 1.86. The highest BCUT2D eigenvalue weighted by atomic mass is 16.1. The molecule has 1 fully saturated rings. The van der Waals surface area contributed by atoms with Gasteiger partial charge in [-0.1, -0.05) is 0 Å². The second-order valence-electron chi connectivity index (χ2n) is 7.13. The highest BCUT2D eigenvalue weighted by molar-refractivity contribution is 5.84. The van der Waals surface area contributed by atoms with Crippen LogP contribution in [0.25, 0.3) is 10.9 Å². The van der Waals surface area contributed by atoms with Gasteiger partial charge in [-0.3, -0.25) is 4.98 Å². The van der Waals surface area contributed by atoms with Crippen LogP contribution in [0, 0.1) is 0 Å². The van der Waals surface area contributed by atoms with Crippen LogP contribution in [-0.2, 0) is 4.79 Å². The molecule has 1 aliphatic rings. The van der Waals surface area contributed by atoms with E-state index in [1.54, 1.807) is 12.4 Å². The molecule has 0 amide bonds. The Bertz CT molecular complexity index is 904. The average molecular weight is 364 g/mol. The van der Waals surface area contributed by atoms with Gasteiger partial charge in [-0.15, -0.1) is 0 Å². The molecular weight excluding hydrogens is 340 g/mol. The Morgan fingerprint density at radius 3 is 2.96 bits per heavy atom. The van der Waals surface area contributed by atoms with Crippen LogP contribution in [0.3, 0.4) is 0 Å². The molecule has 7 heteroatoms. The van der Waals surface area contributed by atoms with E-state index in [4.69, 9.17) is 0 Å². The van der Waals surface area contributed by atoms with Gasteiger partial charge in [0.2, 0.25) is 0 Å². The maximum Gasteiger partial charge on any atom is 0.152 e. The van der Waals surface area contributed by atoms with Gasteiger partial charge < -0.3 is 24.9 Å². The second kappa shape index (κ2) is 7.26. The number of fused-ring (bicyclic) bond motifs is 1. The smallest absolute Gasteiger partial charge is 0.152 e. The summed E-state index contributed by atoms with van der Waals surface area (Å²) in [4.78, 5) is 28.3. The molecule has 3 aromatic heterocycles. The van der Waals surface area contributed by atoms with Gasteiger partial charge in [-0.05, 0) is 38.1 Å². The van der Waals surface area contributed by atoms with Gasteiger partial charge in [-0.25, -0.2) is 4.98 Å². The Morgan fingerprint density at radius 1 is 1.30 bits per heavy atom. The Kier molecular flexibility index (Phi) is 4.66. The molecule has 0 aliphatic carbocycles. The Labute approximate surface area is 158 Å². The van der Waals surface area contributed by atoms with Gasteiger partial charge in [0, 0.05) is 49.7 Å². The Balaban J connectivity index is 1.58. The molecule has 140 valence electrons. The normalized spacial score (nSPS) is 17.5. The quantitative estimate of drug-likeness (QED) is 0.678. The fraction of sp³-hybridized carbons (Fsp3) is 0.350. The molecule has 3 aromatic rings. The lowest BCUT2D eigenvalue weighted by Gasteiger charge is -2.40. The summed E-state index contributed by atoms with van der Waals surface area (Å²) >= 11 is 0. The topological polar surface area (TPSA) is 77.2 Å². The zero-order valence-corrected chi connectivity index (χ0v) is 15.6. The summed E-state index contributed by atoms with van der Waals surface area (Å²) in [6, 6.07) is 8.05. The van der Waals surface area contributed by atoms with Crippen LogP contribution in [0.15, 0.2) is 42.9 Å². The molecule has 0 aromatic carbocycles. The predicted molar refractivity (Wildman–Crippen MR) is 109 cm³/mol. The zero-order valence-electron chi connectivity index (χ0n) is 15.6. The number of hydrogen-bond donors (Lipinski definition) is 2. The predicted octanol–water partition coefficient (Wildman–Crippen LogP) is 2.67. The van der Waals surface area contributed by atoms with Gasteiger partial charge >= 0.3 is 0 Å². The minimum absolute atomic E-state index is 0.242. The van der Waals surface area contributed by atoms with Crippen LogP contribution in [0.2, 0.25) is 0 Å². The van der Waals surface area contributed by atoms with E-state index in [1.807, 2.05) is 24.4 Å². The van der Waals surface area contributed by atoms with Crippen molar-refractivity contribution >= 4 is 34.5 Å². The fourth-order valence-electron chi connectivity index (χ4n) is 3.60. The number of H-pyrrole nitrogens is 1. The number of rotatable bonds is 5. The van der Waals surface area contributed by atoms with E-state index < -0.39 is 0 Å². The monoisotopic (exact) mass is 364 g/mol. The lowest BCUT2D eigenvalue weighted by atomic mass is 10.1. The Morgan fingerprint density at radius 2 is 2.19 bits per heavy atom. The van der Waals surface area contributed by atoms with Gasteiger partial charge in [0.25, 0.3) is 0 Å². The molecule has 1 atom stereocenters. The van der Waals surface area contributed by atoms with Crippen molar-refractivity contribution in [3.63, 3.8) is 0 Å². The number of aromatic nitrogens is 3. The van der Waals surface area contributed by atoms with Crippen molar-refractivity contribution in [1.29, 1.82) is 0 Å². The number of carbonyl (C=O) groups is 1. The van der Waals surface area contributed by atoms with E-state index in [-0.39, 0.29) is 6.04 Å². The zero-order chi connectivity index (χ0) is 18.8. The van der Waals surface area contributed by atoms with E-state index in [1.165, 1.54) is 0 Å². The van der Waals surface area contributed by atoms with E-state index in [2.05, 4.69) is 50.0 Å². The van der Waals surface area contributed by atoms with Crippen molar-refractivity contribution < 1.29 is 4.79 Å². The van der Waals surface area contributed by atoms with E-state index in [0.29, 0.717) is 12.6 Å². The van der Waals surface area contributed by atoms with Crippen LogP contribution in [0.4, 0.5) is 17.3 Å². The van der Waals surface area contributed by atoms with Crippen molar-refractivity contribution in [2.75, 3.05) is 34.8 Å². The highest BCUT2D eigenvalue weighted by Gasteiger charge is 2.29. The van der Waals surface area contributed by atoms with Gasteiger partial charge in [0.1, 0.15) is 18.1 Å². The maximum atomic E-state index is 11.9. The van der Waals surface area contributed by atoms with Crippen LogP contribution in [-0.4, -0.2) is 53.0 Å². The first-order valence-electron chi connectivity index (χ1n) is 9.27. The summed E-state index contributed by atoms with van der Waals surface area (Å²) in [5, 5.41) is 4.49. The summed E-state index contributed by atoms with van der Waals surface area (Å²) < 4.78 is 0. The largest absolute Gasteiger partial charge is 0.380 e. The maximum absolute atomic E-state index is 11.9. The fourth-order valence-corrected chi connectivity index (χ4v) is 3.60. The van der Waals surface area contributed by atoms with E-state index in [0.717, 1.165) is 47.6 Å². The van der Waals surface area contributed by atoms with E-state index >= 15 is 0 Å². The molecule has 7 nitrogen and oxygen atoms in total. The molecule has 1 saturated heterocycles. The minimum Gasteiger partial charge on any atom is -0.380 e. The second-order valence-corrected chi connectivity index (χ2v) is 7.13. The molecule has 1 unspecified atom stereocenters. The SMILES string of the molecule is CC(C)Nc1cccnc1N1CCN(c2cc3cnccc3[nH]2)C(C=O)C1. The molecule has 4 rings (SSSR count). The van der Waals surface area contributed by atoms with Crippen LogP contribution in [0.1, 0.15) is 13.8 Å². The van der Waals surface area contributed by atoms with Crippen molar-refractivity contribution in [2.45, 2.75) is 25.9 Å². The molecule has 0 saturated carbocycles. The average Bonchev–Trinajstić information content (AvgIpc) is 3.11. The Hall–Kier alpha value is -3.09. The number of aldehydes is 1. The number of carbonyl (C=O) groups excluding carboxylic acids is 1. The van der Waals surface area contributed by atoms with Crippen LogP contribution >= 0.6 is 0 Å². The summed E-state index contributed by atoms with van der Waals surface area (Å²) in [6.07, 6.45) is 6.42. The first-order valence-corrected chi connectivity index (χ1v) is 9.27. The van der Waals surface area contributed by atoms with Gasteiger partial charge in [-0.2, -0.15) is 0 Å². The lowest BCUT2D eigenvalue weighted by Crippen LogP contribution is -2.54. The van der Waals surface area contributed by atoms with Crippen LogP contribution in [0.5, 0.6) is 0 Å². The van der Waals surface area contributed by atoms with Gasteiger partial charge in [0.15, 0.2) is 5.82 Å². The summed E-state index contributed by atoms with van der Waals surface area (Å²) in [6.45, 7) is 6.34. The van der Waals surface area contributed by atoms with Crippen molar-refractivity contribution in [1.82, 2.24) is 15.0 Å². The molecule has 1 aliphatic heterocycles. The molecule has 0 radical (unpaired) electrons. The standard InChI is InChI=1S/C20H24N6O/c1-14(2)23-18-4-3-6-22-20(18)25-8-9-26(16(12-25)13-27)19-10-15-11-21-7-5-17(15)24-19/h3-7,10-11,13-14,16,23-24H,8-9,12H2,1-2H3. The van der Waals surface area contributed by atoms with Crippen molar-refractivity contribution in [3.05, 3.63) is 42.9 Å². The third-order valence-corrected chi connectivity index (χ3v) is 4.82. The number of nitrogens with one attached hydrogen (secondary N) is 2. The van der Waals surface area contributed by atoms with Gasteiger partial charge in [0.05, 0.1) is 11.2 Å². The number of anilines is 3. The number of pyridine rings is 2. The molecule has 0 bridgehead atoms. The number of aromatic amines is 1. The number of nitrogens with zero attached hydrogens (tertiary/aromatic N) is 4. The summed E-state index contributed by atoms with van der Waals surface area (Å²) in [5.41, 5.74) is 2.03. The molecule has 27 heavy (non-hydrogen) atoms. The molecular formula is C20H24N6O. The first kappa shape index (κ1) is 17.3.